The highest BCUT2D eigenvalue weighted by atomic mass is 16.5. The lowest BCUT2D eigenvalue weighted by Crippen LogP contribution is -2.26. The van der Waals surface area contributed by atoms with E-state index in [1.165, 1.54) is 7.11 Å². The van der Waals surface area contributed by atoms with Crippen molar-refractivity contribution in [3.05, 3.63) is 65.2 Å². The standard InChI is InChI=1S/C19H23N3O3/c1-25-17-6-3-2-5-16(17)19(24)22-13-14-7-9-15(10-8-14)18(23)21-12-4-11-20/h2-3,5-10H,4,11-13,20H2,1H3,(H,21,23)(H,22,24). The van der Waals surface area contributed by atoms with Crippen LogP contribution in [-0.2, 0) is 6.54 Å². The molecule has 2 aromatic carbocycles. The number of amides is 2. The molecule has 0 saturated carbocycles. The van der Waals surface area contributed by atoms with E-state index in [1.54, 1.807) is 30.3 Å². The molecule has 0 aliphatic heterocycles. The molecule has 0 spiro atoms. The van der Waals surface area contributed by atoms with Crippen LogP contribution in [0.3, 0.4) is 0 Å². The van der Waals surface area contributed by atoms with Crippen LogP contribution in [0.2, 0.25) is 0 Å². The van der Waals surface area contributed by atoms with E-state index in [0.29, 0.717) is 36.5 Å². The third-order valence-electron chi connectivity index (χ3n) is 3.69. The molecule has 2 rings (SSSR count). The van der Waals surface area contributed by atoms with Crippen LogP contribution < -0.4 is 21.1 Å². The lowest BCUT2D eigenvalue weighted by molar-refractivity contribution is 0.0941. The first-order valence-electron chi connectivity index (χ1n) is 8.14. The molecule has 2 amide bonds. The zero-order chi connectivity index (χ0) is 18.1. The number of methoxy groups -OCH3 is 1. The van der Waals surface area contributed by atoms with Crippen LogP contribution in [0, 0.1) is 0 Å². The SMILES string of the molecule is COc1ccccc1C(=O)NCc1ccc(C(=O)NCCCN)cc1. The van der Waals surface area contributed by atoms with Gasteiger partial charge in [-0.05, 0) is 42.8 Å². The molecule has 6 nitrogen and oxygen atoms in total. The van der Waals surface area contributed by atoms with Gasteiger partial charge in [-0.25, -0.2) is 0 Å². The third kappa shape index (κ3) is 5.32. The second kappa shape index (κ2) is 9.44. The zero-order valence-electron chi connectivity index (χ0n) is 14.2. The Balaban J connectivity index is 1.91. The summed E-state index contributed by atoms with van der Waals surface area (Å²) < 4.78 is 5.19. The number of ether oxygens (including phenoxy) is 1. The summed E-state index contributed by atoms with van der Waals surface area (Å²) in [6.07, 6.45) is 0.749. The molecule has 4 N–H and O–H groups in total. The van der Waals surface area contributed by atoms with Crippen molar-refractivity contribution in [2.45, 2.75) is 13.0 Å². The molecule has 0 fully saturated rings. The first kappa shape index (κ1) is 18.5. The summed E-state index contributed by atoms with van der Waals surface area (Å²) in [5.74, 6) is 0.198. The van der Waals surface area contributed by atoms with Gasteiger partial charge < -0.3 is 21.1 Å². The Morgan fingerprint density at radius 1 is 1.00 bits per heavy atom. The summed E-state index contributed by atoms with van der Waals surface area (Å²) in [6, 6.07) is 14.2. The van der Waals surface area contributed by atoms with Gasteiger partial charge in [0.15, 0.2) is 0 Å². The summed E-state index contributed by atoms with van der Waals surface area (Å²) in [6.45, 7) is 1.48. The van der Waals surface area contributed by atoms with Gasteiger partial charge in [0, 0.05) is 18.7 Å². The van der Waals surface area contributed by atoms with Crippen molar-refractivity contribution in [1.29, 1.82) is 0 Å². The minimum atomic E-state index is -0.207. The molecule has 0 radical (unpaired) electrons. The number of carbonyl (C=O) groups excluding carboxylic acids is 2. The van der Waals surface area contributed by atoms with Crippen molar-refractivity contribution in [3.8, 4) is 5.75 Å². The van der Waals surface area contributed by atoms with Crippen LogP contribution in [0.25, 0.3) is 0 Å². The molecule has 25 heavy (non-hydrogen) atoms. The van der Waals surface area contributed by atoms with Gasteiger partial charge in [0.05, 0.1) is 12.7 Å². The first-order valence-corrected chi connectivity index (χ1v) is 8.14. The number of hydrogen-bond donors (Lipinski definition) is 3. The van der Waals surface area contributed by atoms with E-state index in [2.05, 4.69) is 10.6 Å². The average Bonchev–Trinajstić information content (AvgIpc) is 2.66. The second-order valence-electron chi connectivity index (χ2n) is 5.48. The van der Waals surface area contributed by atoms with E-state index in [4.69, 9.17) is 10.5 Å². The monoisotopic (exact) mass is 341 g/mol. The number of nitrogens with one attached hydrogen (secondary N) is 2. The van der Waals surface area contributed by atoms with Gasteiger partial charge in [0.1, 0.15) is 5.75 Å². The zero-order valence-corrected chi connectivity index (χ0v) is 14.2. The van der Waals surface area contributed by atoms with Crippen molar-refractivity contribution in [3.63, 3.8) is 0 Å². The summed E-state index contributed by atoms with van der Waals surface area (Å²) >= 11 is 0. The van der Waals surface area contributed by atoms with Crippen molar-refractivity contribution in [2.24, 2.45) is 5.73 Å². The van der Waals surface area contributed by atoms with Crippen molar-refractivity contribution in [1.82, 2.24) is 10.6 Å². The highest BCUT2D eigenvalue weighted by Crippen LogP contribution is 2.17. The van der Waals surface area contributed by atoms with Gasteiger partial charge in [-0.3, -0.25) is 9.59 Å². The molecule has 0 unspecified atom stereocenters. The molecular formula is C19H23N3O3. The predicted octanol–water partition coefficient (Wildman–Crippen LogP) is 1.70. The van der Waals surface area contributed by atoms with Crippen molar-refractivity contribution in [2.75, 3.05) is 20.2 Å². The molecule has 6 heteroatoms. The maximum absolute atomic E-state index is 12.3. The quantitative estimate of drug-likeness (QED) is 0.637. The van der Waals surface area contributed by atoms with E-state index >= 15 is 0 Å². The van der Waals surface area contributed by atoms with Gasteiger partial charge in [0.2, 0.25) is 0 Å². The molecular weight excluding hydrogens is 318 g/mol. The maximum Gasteiger partial charge on any atom is 0.255 e. The van der Waals surface area contributed by atoms with Gasteiger partial charge in [-0.1, -0.05) is 24.3 Å². The molecule has 0 bridgehead atoms. The Morgan fingerprint density at radius 3 is 2.40 bits per heavy atom. The normalized spacial score (nSPS) is 10.2. The van der Waals surface area contributed by atoms with Crippen LogP contribution in [0.5, 0.6) is 5.75 Å². The second-order valence-corrected chi connectivity index (χ2v) is 5.48. The topological polar surface area (TPSA) is 93.4 Å². The highest BCUT2D eigenvalue weighted by Gasteiger charge is 2.11. The maximum atomic E-state index is 12.3. The van der Waals surface area contributed by atoms with Crippen LogP contribution in [-0.4, -0.2) is 32.0 Å². The van der Waals surface area contributed by atoms with Crippen molar-refractivity contribution >= 4 is 11.8 Å². The minimum Gasteiger partial charge on any atom is -0.496 e. The summed E-state index contributed by atoms with van der Waals surface area (Å²) in [5.41, 5.74) is 7.37. The number of rotatable bonds is 8. The summed E-state index contributed by atoms with van der Waals surface area (Å²) in [5, 5.41) is 5.65. The molecule has 132 valence electrons. The van der Waals surface area contributed by atoms with Gasteiger partial charge in [0.25, 0.3) is 11.8 Å². The Morgan fingerprint density at radius 2 is 1.72 bits per heavy atom. The van der Waals surface area contributed by atoms with E-state index in [0.717, 1.165) is 12.0 Å². The molecule has 0 heterocycles. The number of carbonyl (C=O) groups is 2. The molecule has 0 aliphatic rings. The van der Waals surface area contributed by atoms with Gasteiger partial charge in [-0.15, -0.1) is 0 Å². The average molecular weight is 341 g/mol. The lowest BCUT2D eigenvalue weighted by Gasteiger charge is -2.09. The Bertz CT molecular complexity index is 714. The van der Waals surface area contributed by atoms with E-state index in [9.17, 15) is 9.59 Å². The first-order chi connectivity index (χ1) is 12.2. The molecule has 0 aliphatic carbocycles. The fourth-order valence-corrected chi connectivity index (χ4v) is 2.29. The fraction of sp³-hybridized carbons (Fsp3) is 0.263. The molecule has 0 saturated heterocycles. The smallest absolute Gasteiger partial charge is 0.255 e. The van der Waals surface area contributed by atoms with Crippen LogP contribution in [0.15, 0.2) is 48.5 Å². The van der Waals surface area contributed by atoms with Gasteiger partial charge >= 0.3 is 0 Å². The molecule has 2 aromatic rings. The molecule has 0 atom stereocenters. The van der Waals surface area contributed by atoms with Crippen LogP contribution in [0.1, 0.15) is 32.7 Å². The number of hydrogen-bond acceptors (Lipinski definition) is 4. The number of nitrogens with two attached hydrogens (primary N) is 1. The largest absolute Gasteiger partial charge is 0.496 e. The highest BCUT2D eigenvalue weighted by molar-refractivity contribution is 5.97. The number of benzene rings is 2. The summed E-state index contributed by atoms with van der Waals surface area (Å²) in [7, 11) is 1.53. The van der Waals surface area contributed by atoms with E-state index in [1.807, 2.05) is 18.2 Å². The van der Waals surface area contributed by atoms with Gasteiger partial charge in [-0.2, -0.15) is 0 Å². The Kier molecular flexibility index (Phi) is 6.98. The Hall–Kier alpha value is -2.86. The fourth-order valence-electron chi connectivity index (χ4n) is 2.29. The van der Waals surface area contributed by atoms with Crippen LogP contribution >= 0.6 is 0 Å². The van der Waals surface area contributed by atoms with E-state index in [-0.39, 0.29) is 11.8 Å². The van der Waals surface area contributed by atoms with Crippen molar-refractivity contribution < 1.29 is 14.3 Å². The minimum absolute atomic E-state index is 0.127. The Labute approximate surface area is 147 Å². The lowest BCUT2D eigenvalue weighted by atomic mass is 10.1. The summed E-state index contributed by atoms with van der Waals surface area (Å²) in [4.78, 5) is 24.2. The number of para-hydroxylation sites is 1. The van der Waals surface area contributed by atoms with Crippen LogP contribution in [0.4, 0.5) is 0 Å². The third-order valence-corrected chi connectivity index (χ3v) is 3.69. The van der Waals surface area contributed by atoms with E-state index < -0.39 is 0 Å². The predicted molar refractivity (Wildman–Crippen MR) is 96.6 cm³/mol. The molecule has 0 aromatic heterocycles.